The zero-order chi connectivity index (χ0) is 19.0. The molecule has 1 N–H and O–H groups in total. The molecule has 0 saturated carbocycles. The molecule has 28 heavy (non-hydrogen) atoms. The molecule has 2 aliphatic rings. The van der Waals surface area contributed by atoms with Gasteiger partial charge >= 0.3 is 0 Å². The number of amides is 1. The van der Waals surface area contributed by atoms with Gasteiger partial charge in [0.15, 0.2) is 0 Å². The summed E-state index contributed by atoms with van der Waals surface area (Å²) in [4.78, 5) is 15.1. The van der Waals surface area contributed by atoms with Crippen LogP contribution in [-0.4, -0.2) is 34.0 Å². The third-order valence-corrected chi connectivity index (χ3v) is 6.51. The number of likely N-dealkylation sites (tertiary alicyclic amines) is 1. The normalized spacial score (nSPS) is 22.8. The van der Waals surface area contributed by atoms with Crippen molar-refractivity contribution in [3.63, 3.8) is 0 Å². The molecule has 144 valence electrons. The summed E-state index contributed by atoms with van der Waals surface area (Å²) >= 11 is 0. The fourth-order valence-electron chi connectivity index (χ4n) is 5.03. The number of fused-ring (bicyclic) bond motifs is 1. The molecular formula is C24H27N3O. The maximum absolute atomic E-state index is 12.7. The van der Waals surface area contributed by atoms with Gasteiger partial charge in [0, 0.05) is 31.3 Å². The molecule has 2 aromatic carbocycles. The smallest absolute Gasteiger partial charge is 0.240 e. The van der Waals surface area contributed by atoms with Gasteiger partial charge in [-0.25, -0.2) is 0 Å². The molecule has 1 atom stereocenters. The number of hydrogen-bond acceptors (Lipinski definition) is 2. The van der Waals surface area contributed by atoms with Gasteiger partial charge in [0.2, 0.25) is 5.91 Å². The maximum atomic E-state index is 12.7. The number of nitrogens with one attached hydrogen (secondary N) is 1. The molecule has 0 aliphatic carbocycles. The van der Waals surface area contributed by atoms with E-state index in [1.54, 1.807) is 0 Å². The summed E-state index contributed by atoms with van der Waals surface area (Å²) in [6, 6.07) is 19.5. The second kappa shape index (κ2) is 7.10. The Morgan fingerprint density at radius 3 is 2.64 bits per heavy atom. The molecule has 2 aliphatic heterocycles. The van der Waals surface area contributed by atoms with Gasteiger partial charge in [-0.05, 0) is 60.9 Å². The standard InChI is InChI=1S/C24H27N3O/c28-23-24(11-4-13-25-23)12-5-14-27(24)18-20-8-9-21-10-15-26(22(21)16-20)17-19-6-2-1-3-7-19/h1-3,6-10,15-16H,4-5,11-14,17-18H2,(H,25,28). The van der Waals surface area contributed by atoms with Crippen molar-refractivity contribution in [3.8, 4) is 0 Å². The van der Waals surface area contributed by atoms with Crippen molar-refractivity contribution in [3.05, 3.63) is 71.9 Å². The number of piperidine rings is 1. The largest absolute Gasteiger partial charge is 0.354 e. The first-order valence-electron chi connectivity index (χ1n) is 10.4. The van der Waals surface area contributed by atoms with Gasteiger partial charge < -0.3 is 9.88 Å². The highest BCUT2D eigenvalue weighted by Gasteiger charge is 2.48. The summed E-state index contributed by atoms with van der Waals surface area (Å²) in [5, 5.41) is 4.38. The van der Waals surface area contributed by atoms with Gasteiger partial charge in [-0.15, -0.1) is 0 Å². The molecule has 1 amide bonds. The lowest BCUT2D eigenvalue weighted by atomic mass is 9.86. The topological polar surface area (TPSA) is 37.3 Å². The summed E-state index contributed by atoms with van der Waals surface area (Å²) in [7, 11) is 0. The Hall–Kier alpha value is -2.59. The Morgan fingerprint density at radius 1 is 0.929 bits per heavy atom. The minimum absolute atomic E-state index is 0.241. The first-order valence-corrected chi connectivity index (χ1v) is 10.4. The summed E-state index contributed by atoms with van der Waals surface area (Å²) in [5.41, 5.74) is 3.59. The van der Waals surface area contributed by atoms with E-state index in [4.69, 9.17) is 0 Å². The first-order chi connectivity index (χ1) is 13.7. The van der Waals surface area contributed by atoms with Crippen molar-refractivity contribution in [2.24, 2.45) is 0 Å². The van der Waals surface area contributed by atoms with E-state index < -0.39 is 0 Å². The maximum Gasteiger partial charge on any atom is 0.240 e. The Kier molecular flexibility index (Phi) is 4.44. The van der Waals surface area contributed by atoms with Crippen LogP contribution in [0.4, 0.5) is 0 Å². The van der Waals surface area contributed by atoms with E-state index >= 15 is 0 Å². The fourth-order valence-corrected chi connectivity index (χ4v) is 5.03. The van der Waals surface area contributed by atoms with E-state index in [-0.39, 0.29) is 11.4 Å². The number of nitrogens with zero attached hydrogens (tertiary/aromatic N) is 2. The van der Waals surface area contributed by atoms with Crippen molar-refractivity contribution < 1.29 is 4.79 Å². The number of hydrogen-bond donors (Lipinski definition) is 1. The summed E-state index contributed by atoms with van der Waals surface area (Å²) in [6.07, 6.45) is 6.35. The molecule has 2 saturated heterocycles. The van der Waals surface area contributed by atoms with E-state index in [1.165, 1.54) is 22.0 Å². The van der Waals surface area contributed by atoms with Crippen molar-refractivity contribution in [2.75, 3.05) is 13.1 Å². The lowest BCUT2D eigenvalue weighted by Crippen LogP contribution is -2.58. The van der Waals surface area contributed by atoms with Crippen molar-refractivity contribution >= 4 is 16.8 Å². The molecule has 0 bridgehead atoms. The number of carbonyl (C=O) groups excluding carboxylic acids is 1. The molecular weight excluding hydrogens is 346 g/mol. The van der Waals surface area contributed by atoms with Crippen LogP contribution in [0.2, 0.25) is 0 Å². The van der Waals surface area contributed by atoms with Crippen LogP contribution >= 0.6 is 0 Å². The van der Waals surface area contributed by atoms with Gasteiger partial charge in [-0.3, -0.25) is 9.69 Å². The third kappa shape index (κ3) is 3.02. The minimum atomic E-state index is -0.279. The van der Waals surface area contributed by atoms with Crippen LogP contribution in [0, 0.1) is 0 Å². The Balaban J connectivity index is 1.42. The zero-order valence-electron chi connectivity index (χ0n) is 16.2. The van der Waals surface area contributed by atoms with E-state index in [1.807, 2.05) is 0 Å². The fraction of sp³-hybridized carbons (Fsp3) is 0.375. The average Bonchev–Trinajstić information content (AvgIpc) is 3.30. The summed E-state index contributed by atoms with van der Waals surface area (Å²) in [6.45, 7) is 3.56. The molecule has 1 unspecified atom stereocenters. The second-order valence-electron chi connectivity index (χ2n) is 8.24. The Bertz CT molecular complexity index is 994. The highest BCUT2D eigenvalue weighted by molar-refractivity contribution is 5.87. The molecule has 4 nitrogen and oxygen atoms in total. The van der Waals surface area contributed by atoms with Gasteiger partial charge in [0.1, 0.15) is 5.54 Å². The summed E-state index contributed by atoms with van der Waals surface area (Å²) in [5.74, 6) is 0.241. The van der Waals surface area contributed by atoms with Gasteiger partial charge in [-0.1, -0.05) is 42.5 Å². The first kappa shape index (κ1) is 17.5. The molecule has 3 heterocycles. The van der Waals surface area contributed by atoms with E-state index in [0.29, 0.717) is 0 Å². The predicted octanol–water partition coefficient (Wildman–Crippen LogP) is 3.93. The van der Waals surface area contributed by atoms with E-state index in [9.17, 15) is 4.79 Å². The van der Waals surface area contributed by atoms with Gasteiger partial charge in [-0.2, -0.15) is 0 Å². The van der Waals surface area contributed by atoms with Crippen LogP contribution in [0.25, 0.3) is 10.9 Å². The average molecular weight is 374 g/mol. The molecule has 5 rings (SSSR count). The quantitative estimate of drug-likeness (QED) is 0.752. The van der Waals surface area contributed by atoms with Crippen LogP contribution in [0.1, 0.15) is 36.8 Å². The van der Waals surface area contributed by atoms with Crippen LogP contribution in [0.3, 0.4) is 0 Å². The third-order valence-electron chi connectivity index (χ3n) is 6.51. The van der Waals surface area contributed by atoms with Crippen LogP contribution in [-0.2, 0) is 17.9 Å². The van der Waals surface area contributed by atoms with Crippen molar-refractivity contribution in [1.82, 2.24) is 14.8 Å². The Morgan fingerprint density at radius 2 is 1.79 bits per heavy atom. The number of rotatable bonds is 4. The highest BCUT2D eigenvalue weighted by Crippen LogP contribution is 2.37. The number of carbonyl (C=O) groups is 1. The van der Waals surface area contributed by atoms with Gasteiger partial charge in [0.25, 0.3) is 0 Å². The number of benzene rings is 2. The molecule has 3 aromatic rings. The molecule has 4 heteroatoms. The Labute approximate surface area is 166 Å². The molecule has 1 spiro atoms. The van der Waals surface area contributed by atoms with Crippen LogP contribution in [0.5, 0.6) is 0 Å². The minimum Gasteiger partial charge on any atom is -0.354 e. The van der Waals surface area contributed by atoms with Crippen LogP contribution < -0.4 is 5.32 Å². The monoisotopic (exact) mass is 373 g/mol. The van der Waals surface area contributed by atoms with Crippen LogP contribution in [0.15, 0.2) is 60.8 Å². The van der Waals surface area contributed by atoms with E-state index in [2.05, 4.69) is 75.6 Å². The van der Waals surface area contributed by atoms with E-state index in [0.717, 1.165) is 51.9 Å². The molecule has 2 fully saturated rings. The summed E-state index contributed by atoms with van der Waals surface area (Å²) < 4.78 is 2.32. The number of aromatic nitrogens is 1. The SMILES string of the molecule is O=C1NCCCC12CCCN2Cc1ccc2ccn(Cc3ccccc3)c2c1. The second-order valence-corrected chi connectivity index (χ2v) is 8.24. The lowest BCUT2D eigenvalue weighted by molar-refractivity contribution is -0.134. The molecule has 0 radical (unpaired) electrons. The predicted molar refractivity (Wildman–Crippen MR) is 112 cm³/mol. The zero-order valence-corrected chi connectivity index (χ0v) is 16.2. The lowest BCUT2D eigenvalue weighted by Gasteiger charge is -2.40. The van der Waals surface area contributed by atoms with Crippen molar-refractivity contribution in [2.45, 2.75) is 44.3 Å². The van der Waals surface area contributed by atoms with Crippen molar-refractivity contribution in [1.29, 1.82) is 0 Å². The van der Waals surface area contributed by atoms with Gasteiger partial charge in [0.05, 0.1) is 0 Å². The molecule has 1 aromatic heterocycles. The highest BCUT2D eigenvalue weighted by atomic mass is 16.2.